The first-order chi connectivity index (χ1) is 9.69. The summed E-state index contributed by atoms with van der Waals surface area (Å²) in [6, 6.07) is 11.3. The van der Waals surface area contributed by atoms with E-state index in [1.165, 1.54) is 13.2 Å². The van der Waals surface area contributed by atoms with Gasteiger partial charge in [-0.3, -0.25) is 0 Å². The Morgan fingerprint density at radius 2 is 2.05 bits per heavy atom. The van der Waals surface area contributed by atoms with Gasteiger partial charge in [0.25, 0.3) is 0 Å². The van der Waals surface area contributed by atoms with E-state index in [1.54, 1.807) is 36.4 Å². The Balaban J connectivity index is 2.03. The van der Waals surface area contributed by atoms with Crippen molar-refractivity contribution in [3.63, 3.8) is 0 Å². The lowest BCUT2D eigenvalue weighted by Crippen LogP contribution is -2.02. The van der Waals surface area contributed by atoms with Crippen LogP contribution in [-0.2, 0) is 0 Å². The number of benzene rings is 1. The molecule has 0 aliphatic heterocycles. The molecule has 5 heteroatoms. The lowest BCUT2D eigenvalue weighted by atomic mass is 10.1. The monoisotopic (exact) mass is 273 g/mol. The van der Waals surface area contributed by atoms with Gasteiger partial charge in [-0.15, -0.1) is 0 Å². The number of nitrogens with zero attached hydrogens (tertiary/aromatic N) is 1. The first-order valence-corrected chi connectivity index (χ1v) is 6.06. The molecule has 3 rings (SSSR count). The number of rotatable bonds is 3. The number of methoxy groups -OCH3 is 1. The van der Waals surface area contributed by atoms with Gasteiger partial charge in [-0.1, -0.05) is 18.2 Å². The number of pyridine rings is 1. The van der Waals surface area contributed by atoms with Gasteiger partial charge < -0.3 is 14.3 Å². The van der Waals surface area contributed by atoms with E-state index in [2.05, 4.69) is 4.98 Å². The molecule has 20 heavy (non-hydrogen) atoms. The van der Waals surface area contributed by atoms with Crippen LogP contribution in [0.3, 0.4) is 0 Å². The van der Waals surface area contributed by atoms with Crippen LogP contribution in [0.2, 0.25) is 0 Å². The van der Waals surface area contributed by atoms with Crippen molar-refractivity contribution in [1.82, 2.24) is 4.98 Å². The quantitative estimate of drug-likeness (QED) is 0.796. The number of aliphatic hydroxyl groups excluding tert-OH is 1. The van der Waals surface area contributed by atoms with Gasteiger partial charge in [-0.2, -0.15) is 0 Å². The minimum atomic E-state index is -1.07. The smallest absolute Gasteiger partial charge is 0.213 e. The topological polar surface area (TPSA) is 55.5 Å². The molecule has 1 aromatic carbocycles. The van der Waals surface area contributed by atoms with E-state index in [9.17, 15) is 9.50 Å². The maximum absolute atomic E-state index is 13.6. The zero-order chi connectivity index (χ0) is 14.1. The minimum absolute atomic E-state index is 0.129. The molecule has 1 atom stereocenters. The number of hydrogen-bond acceptors (Lipinski definition) is 4. The second-order valence-electron chi connectivity index (χ2n) is 4.31. The van der Waals surface area contributed by atoms with Crippen LogP contribution < -0.4 is 4.74 Å². The predicted molar refractivity (Wildman–Crippen MR) is 71.0 cm³/mol. The molecule has 0 radical (unpaired) electrons. The van der Waals surface area contributed by atoms with Crippen molar-refractivity contribution >= 4 is 11.0 Å². The average molecular weight is 273 g/mol. The third kappa shape index (κ3) is 2.12. The van der Waals surface area contributed by atoms with Crippen LogP contribution in [0.1, 0.15) is 17.6 Å². The number of para-hydroxylation sites is 1. The normalized spacial score (nSPS) is 12.6. The van der Waals surface area contributed by atoms with Gasteiger partial charge >= 0.3 is 0 Å². The van der Waals surface area contributed by atoms with Crippen LogP contribution in [0.15, 0.2) is 46.9 Å². The number of halogens is 1. The van der Waals surface area contributed by atoms with Crippen molar-refractivity contribution < 1.29 is 18.7 Å². The average Bonchev–Trinajstić information content (AvgIpc) is 2.92. The summed E-state index contributed by atoms with van der Waals surface area (Å²) < 4.78 is 24.0. The number of ether oxygens (including phenoxy) is 1. The van der Waals surface area contributed by atoms with Gasteiger partial charge in [0, 0.05) is 11.5 Å². The maximum atomic E-state index is 13.6. The number of fused-ring (bicyclic) bond motifs is 1. The zero-order valence-electron chi connectivity index (χ0n) is 10.7. The molecular weight excluding hydrogens is 261 g/mol. The third-order valence-corrected chi connectivity index (χ3v) is 3.02. The van der Waals surface area contributed by atoms with Crippen LogP contribution in [0, 0.1) is 5.82 Å². The van der Waals surface area contributed by atoms with Crippen LogP contribution in [-0.4, -0.2) is 17.2 Å². The van der Waals surface area contributed by atoms with Crippen LogP contribution in [0.5, 0.6) is 5.88 Å². The van der Waals surface area contributed by atoms with Crippen molar-refractivity contribution in [2.75, 3.05) is 7.11 Å². The van der Waals surface area contributed by atoms with Crippen molar-refractivity contribution in [1.29, 1.82) is 0 Å². The van der Waals surface area contributed by atoms with Crippen LogP contribution in [0.4, 0.5) is 4.39 Å². The van der Waals surface area contributed by atoms with Crippen LogP contribution in [0.25, 0.3) is 11.0 Å². The number of aliphatic hydroxyl groups is 1. The Bertz CT molecular complexity index is 754. The highest BCUT2D eigenvalue weighted by Gasteiger charge is 2.18. The maximum Gasteiger partial charge on any atom is 0.213 e. The molecule has 0 bridgehead atoms. The summed E-state index contributed by atoms with van der Waals surface area (Å²) in [5, 5.41) is 10.9. The number of aromatic nitrogens is 1. The summed E-state index contributed by atoms with van der Waals surface area (Å²) in [6.45, 7) is 0. The summed E-state index contributed by atoms with van der Waals surface area (Å²) >= 11 is 0. The van der Waals surface area contributed by atoms with E-state index >= 15 is 0 Å². The van der Waals surface area contributed by atoms with Gasteiger partial charge in [-0.05, 0) is 18.2 Å². The molecule has 0 amide bonds. The van der Waals surface area contributed by atoms with E-state index < -0.39 is 11.9 Å². The van der Waals surface area contributed by atoms with Crippen LogP contribution >= 0.6 is 0 Å². The number of furan rings is 1. The van der Waals surface area contributed by atoms with Gasteiger partial charge in [0.2, 0.25) is 5.88 Å². The van der Waals surface area contributed by atoms with E-state index in [4.69, 9.17) is 9.15 Å². The molecule has 0 fully saturated rings. The molecule has 0 spiro atoms. The molecule has 1 unspecified atom stereocenters. The van der Waals surface area contributed by atoms with Crippen molar-refractivity contribution in [2.24, 2.45) is 0 Å². The van der Waals surface area contributed by atoms with E-state index in [0.29, 0.717) is 17.0 Å². The molecule has 3 aromatic rings. The molecule has 2 heterocycles. The lowest BCUT2D eigenvalue weighted by Gasteiger charge is -2.08. The molecule has 0 aliphatic carbocycles. The highest BCUT2D eigenvalue weighted by atomic mass is 19.1. The Kier molecular flexibility index (Phi) is 3.12. The third-order valence-electron chi connectivity index (χ3n) is 3.02. The molecule has 4 nitrogen and oxygen atoms in total. The van der Waals surface area contributed by atoms with E-state index in [-0.39, 0.29) is 11.3 Å². The molecule has 0 saturated heterocycles. The summed E-state index contributed by atoms with van der Waals surface area (Å²) in [5.74, 6) is 0.175. The Labute approximate surface area is 114 Å². The lowest BCUT2D eigenvalue weighted by molar-refractivity contribution is 0.186. The fraction of sp³-hybridized carbons (Fsp3) is 0.133. The molecular formula is C15H12FNO3. The largest absolute Gasteiger partial charge is 0.481 e. The molecule has 0 saturated carbocycles. The first-order valence-electron chi connectivity index (χ1n) is 6.06. The van der Waals surface area contributed by atoms with Gasteiger partial charge in [0.05, 0.1) is 12.8 Å². The summed E-state index contributed by atoms with van der Waals surface area (Å²) in [7, 11) is 1.50. The second kappa shape index (κ2) is 4.94. The Morgan fingerprint density at radius 1 is 1.25 bits per heavy atom. The number of hydrogen-bond donors (Lipinski definition) is 1. The predicted octanol–water partition coefficient (Wildman–Crippen LogP) is 3.06. The fourth-order valence-corrected chi connectivity index (χ4v) is 2.02. The van der Waals surface area contributed by atoms with E-state index in [0.717, 1.165) is 0 Å². The first kappa shape index (κ1) is 12.6. The van der Waals surface area contributed by atoms with Crippen molar-refractivity contribution in [2.45, 2.75) is 6.10 Å². The second-order valence-corrected chi connectivity index (χ2v) is 4.31. The molecule has 102 valence electrons. The molecule has 1 N–H and O–H groups in total. The van der Waals surface area contributed by atoms with Crippen molar-refractivity contribution in [3.8, 4) is 5.88 Å². The van der Waals surface area contributed by atoms with Crippen molar-refractivity contribution in [3.05, 3.63) is 59.7 Å². The Morgan fingerprint density at radius 3 is 2.80 bits per heavy atom. The highest BCUT2D eigenvalue weighted by molar-refractivity contribution is 5.78. The molecule has 2 aromatic heterocycles. The van der Waals surface area contributed by atoms with E-state index in [1.807, 2.05) is 0 Å². The fourth-order valence-electron chi connectivity index (χ4n) is 2.02. The SMILES string of the molecule is COc1cccc(C(O)c2cc3cccc(F)c3o2)n1. The van der Waals surface area contributed by atoms with Gasteiger partial charge in [0.15, 0.2) is 17.5 Å². The zero-order valence-corrected chi connectivity index (χ0v) is 10.7. The Hall–Kier alpha value is -2.40. The summed E-state index contributed by atoms with van der Waals surface area (Å²) in [4.78, 5) is 4.13. The standard InChI is InChI=1S/C15H12FNO3/c1-19-13-7-3-6-11(17-13)14(18)12-8-9-4-2-5-10(16)15(9)20-12/h2-8,14,18H,1H3. The minimum Gasteiger partial charge on any atom is -0.481 e. The highest BCUT2D eigenvalue weighted by Crippen LogP contribution is 2.29. The summed E-state index contributed by atoms with van der Waals surface area (Å²) in [6.07, 6.45) is -1.07. The van der Waals surface area contributed by atoms with Gasteiger partial charge in [-0.25, -0.2) is 9.37 Å². The summed E-state index contributed by atoms with van der Waals surface area (Å²) in [5.41, 5.74) is 0.508. The molecule has 0 aliphatic rings. The van der Waals surface area contributed by atoms with Gasteiger partial charge in [0.1, 0.15) is 5.76 Å².